The van der Waals surface area contributed by atoms with Crippen LogP contribution in [-0.4, -0.2) is 29.0 Å². The zero-order valence-electron chi connectivity index (χ0n) is 17.6. The molecule has 0 radical (unpaired) electrons. The number of halogens is 1. The van der Waals surface area contributed by atoms with Crippen LogP contribution >= 0.6 is 0 Å². The maximum absolute atomic E-state index is 14.0. The number of anilines is 1. The number of nitrogen functional groups attached to an aromatic ring is 1. The summed E-state index contributed by atoms with van der Waals surface area (Å²) < 4.78 is 21.5. The summed E-state index contributed by atoms with van der Waals surface area (Å²) in [5.74, 6) is -1.30. The van der Waals surface area contributed by atoms with Crippen molar-refractivity contribution in [2.24, 2.45) is 0 Å². The minimum atomic E-state index is -1.00. The number of aromatic carboxylic acids is 1. The molecule has 6 nitrogen and oxygen atoms in total. The van der Waals surface area contributed by atoms with Crippen molar-refractivity contribution in [2.75, 3.05) is 12.8 Å². The van der Waals surface area contributed by atoms with Crippen LogP contribution in [0.3, 0.4) is 0 Å². The maximum atomic E-state index is 14.0. The van der Waals surface area contributed by atoms with Crippen LogP contribution < -0.4 is 5.73 Å². The number of methoxy groups -OCH3 is 1. The molecule has 4 N–H and O–H groups in total. The topological polar surface area (TPSA) is 101 Å². The van der Waals surface area contributed by atoms with Crippen molar-refractivity contribution >= 4 is 28.8 Å². The molecule has 0 aliphatic carbocycles. The first-order valence-electron chi connectivity index (χ1n) is 9.92. The molecule has 0 aliphatic rings. The summed E-state index contributed by atoms with van der Waals surface area (Å²) in [6.07, 6.45) is 1.19. The first-order chi connectivity index (χ1) is 15.3. The highest BCUT2D eigenvalue weighted by Gasteiger charge is 2.21. The van der Waals surface area contributed by atoms with Gasteiger partial charge in [0.05, 0.1) is 23.4 Å². The van der Waals surface area contributed by atoms with Crippen molar-refractivity contribution < 1.29 is 19.0 Å². The number of nitrogens with one attached hydrogen (secondary N) is 1. The highest BCUT2D eigenvalue weighted by atomic mass is 19.1. The molecule has 0 fully saturated rings. The number of hydrogen-bond acceptors (Lipinski definition) is 4. The number of fused-ring (bicyclic) bond motifs is 1. The summed E-state index contributed by atoms with van der Waals surface area (Å²) >= 11 is 0. The van der Waals surface area contributed by atoms with Crippen molar-refractivity contribution in [1.82, 2.24) is 4.57 Å². The van der Waals surface area contributed by atoms with E-state index in [1.807, 2.05) is 16.7 Å². The molecule has 0 saturated carbocycles. The van der Waals surface area contributed by atoms with Crippen LogP contribution in [0.2, 0.25) is 0 Å². The molecular weight excluding hydrogens is 409 g/mol. The molecule has 3 aromatic carbocycles. The van der Waals surface area contributed by atoms with E-state index in [0.29, 0.717) is 16.8 Å². The quantitative estimate of drug-likeness (QED) is 0.290. The van der Waals surface area contributed by atoms with Gasteiger partial charge in [-0.15, -0.1) is 0 Å². The second-order valence-corrected chi connectivity index (χ2v) is 7.55. The number of carbonyl (C=O) groups is 1. The second-order valence-electron chi connectivity index (χ2n) is 7.55. The Kier molecular flexibility index (Phi) is 5.50. The number of nitrogens with zero attached hydrogens (tertiary/aromatic N) is 1. The molecule has 1 aromatic heterocycles. The Labute approximate surface area is 184 Å². The van der Waals surface area contributed by atoms with E-state index >= 15 is 0 Å². The smallest absolute Gasteiger partial charge is 0.335 e. The Balaban J connectivity index is 2.11. The number of nitrogens with two attached hydrogens (primary N) is 1. The molecule has 0 spiro atoms. The van der Waals surface area contributed by atoms with Crippen LogP contribution in [0.1, 0.15) is 27.2 Å². The molecule has 1 heterocycles. The lowest BCUT2D eigenvalue weighted by molar-refractivity contribution is 0.0697. The van der Waals surface area contributed by atoms with Gasteiger partial charge in [-0.3, -0.25) is 0 Å². The summed E-state index contributed by atoms with van der Waals surface area (Å²) in [5, 5.41) is 17.8. The number of benzene rings is 3. The van der Waals surface area contributed by atoms with Crippen molar-refractivity contribution in [3.8, 4) is 16.8 Å². The number of rotatable bonds is 6. The number of carboxylic acid groups (broad SMARTS) is 1. The van der Waals surface area contributed by atoms with Gasteiger partial charge in [0.15, 0.2) is 0 Å². The van der Waals surface area contributed by atoms with Gasteiger partial charge in [0.25, 0.3) is 0 Å². The molecule has 4 aromatic rings. The van der Waals surface area contributed by atoms with Gasteiger partial charge in [-0.05, 0) is 60.5 Å². The average molecular weight is 431 g/mol. The van der Waals surface area contributed by atoms with Crippen molar-refractivity contribution in [2.45, 2.75) is 13.5 Å². The van der Waals surface area contributed by atoms with E-state index in [9.17, 15) is 14.3 Å². The predicted octanol–water partition coefficient (Wildman–Crippen LogP) is 5.17. The number of ether oxygens (including phenoxy) is 1. The number of hydrogen-bond donors (Lipinski definition) is 3. The Morgan fingerprint density at radius 3 is 2.50 bits per heavy atom. The molecule has 162 valence electrons. The fraction of sp³-hybridized carbons (Fsp3) is 0.120. The van der Waals surface area contributed by atoms with Crippen LogP contribution in [0.4, 0.5) is 10.1 Å². The Hall–Kier alpha value is -3.97. The summed E-state index contributed by atoms with van der Waals surface area (Å²) in [6, 6.07) is 15.1. The lowest BCUT2D eigenvalue weighted by Crippen LogP contribution is -2.04. The molecule has 4 rings (SSSR count). The molecule has 0 aliphatic heterocycles. The summed E-state index contributed by atoms with van der Waals surface area (Å²) in [5.41, 5.74) is 11.9. The monoisotopic (exact) mass is 431 g/mol. The highest BCUT2D eigenvalue weighted by Crippen LogP contribution is 2.39. The Morgan fingerprint density at radius 1 is 1.19 bits per heavy atom. The summed E-state index contributed by atoms with van der Waals surface area (Å²) in [7, 11) is 1.59. The van der Waals surface area contributed by atoms with Gasteiger partial charge >= 0.3 is 5.97 Å². The zero-order chi connectivity index (χ0) is 23.0. The third-order valence-corrected chi connectivity index (χ3v) is 5.53. The van der Waals surface area contributed by atoms with E-state index < -0.39 is 5.97 Å². The van der Waals surface area contributed by atoms with Gasteiger partial charge < -0.3 is 25.6 Å². The van der Waals surface area contributed by atoms with E-state index in [1.165, 1.54) is 12.3 Å². The van der Waals surface area contributed by atoms with E-state index in [1.54, 1.807) is 50.4 Å². The van der Waals surface area contributed by atoms with E-state index in [0.717, 1.165) is 33.4 Å². The molecule has 0 saturated heterocycles. The third kappa shape index (κ3) is 3.52. The van der Waals surface area contributed by atoms with Crippen molar-refractivity contribution in [3.05, 3.63) is 82.8 Å². The first-order valence-corrected chi connectivity index (χ1v) is 9.92. The van der Waals surface area contributed by atoms with Gasteiger partial charge in [-0.2, -0.15) is 0 Å². The fourth-order valence-corrected chi connectivity index (χ4v) is 3.98. The van der Waals surface area contributed by atoms with Gasteiger partial charge in [0.2, 0.25) is 0 Å². The SMILES string of the molecule is COCc1c(-c2ccc(C(=O)O)cc2)c2cc(N)c(C=N)cc2n1-c1ccc(F)c(C)c1. The Morgan fingerprint density at radius 2 is 1.91 bits per heavy atom. The van der Waals surface area contributed by atoms with Crippen LogP contribution in [0.15, 0.2) is 54.6 Å². The minimum Gasteiger partial charge on any atom is -0.478 e. The standard InChI is InChI=1S/C25H22FN3O3/c1-14-9-18(7-8-20(14)26)29-22-10-17(12-27)21(28)11-19(22)24(23(29)13-32-2)15-3-5-16(6-4-15)25(30)31/h3-12,27H,13,28H2,1-2H3,(H,30,31). The highest BCUT2D eigenvalue weighted by molar-refractivity contribution is 6.04. The van der Waals surface area contributed by atoms with Crippen molar-refractivity contribution in [1.29, 1.82) is 5.41 Å². The van der Waals surface area contributed by atoms with E-state index in [-0.39, 0.29) is 18.0 Å². The maximum Gasteiger partial charge on any atom is 0.335 e. The third-order valence-electron chi connectivity index (χ3n) is 5.53. The molecule has 0 unspecified atom stereocenters. The normalized spacial score (nSPS) is 11.1. The number of aromatic nitrogens is 1. The Bertz CT molecular complexity index is 1360. The van der Waals surface area contributed by atoms with Crippen LogP contribution in [-0.2, 0) is 11.3 Å². The first kappa shape index (κ1) is 21.3. The summed E-state index contributed by atoms with van der Waals surface area (Å²) in [6.45, 7) is 1.95. The van der Waals surface area contributed by atoms with Gasteiger partial charge in [-0.25, -0.2) is 9.18 Å². The minimum absolute atomic E-state index is 0.186. The lowest BCUT2D eigenvalue weighted by Gasteiger charge is -2.13. The summed E-state index contributed by atoms with van der Waals surface area (Å²) in [4.78, 5) is 11.3. The second kappa shape index (κ2) is 8.28. The molecule has 7 heteroatoms. The zero-order valence-corrected chi connectivity index (χ0v) is 17.6. The lowest BCUT2D eigenvalue weighted by atomic mass is 9.99. The molecule has 32 heavy (non-hydrogen) atoms. The number of aryl methyl sites for hydroxylation is 1. The van der Waals surface area contributed by atoms with Crippen molar-refractivity contribution in [3.63, 3.8) is 0 Å². The molecule has 0 amide bonds. The van der Waals surface area contributed by atoms with E-state index in [4.69, 9.17) is 15.9 Å². The fourth-order valence-electron chi connectivity index (χ4n) is 3.98. The number of carboxylic acids is 1. The molecule has 0 atom stereocenters. The average Bonchev–Trinajstić information content (AvgIpc) is 3.08. The van der Waals surface area contributed by atoms with Gasteiger partial charge in [-0.1, -0.05) is 12.1 Å². The molecular formula is C25H22FN3O3. The van der Waals surface area contributed by atoms with Crippen LogP contribution in [0, 0.1) is 18.2 Å². The van der Waals surface area contributed by atoms with Gasteiger partial charge in [0, 0.05) is 41.2 Å². The van der Waals surface area contributed by atoms with Crippen LogP contribution in [0.25, 0.3) is 27.7 Å². The van der Waals surface area contributed by atoms with Gasteiger partial charge in [0.1, 0.15) is 5.82 Å². The molecule has 0 bridgehead atoms. The van der Waals surface area contributed by atoms with E-state index in [2.05, 4.69) is 0 Å². The van der Waals surface area contributed by atoms with Crippen LogP contribution in [0.5, 0.6) is 0 Å². The predicted molar refractivity (Wildman–Crippen MR) is 123 cm³/mol. The largest absolute Gasteiger partial charge is 0.478 e.